The molecule has 0 unspecified atom stereocenters. The average molecular weight is 473 g/mol. The first-order valence-corrected chi connectivity index (χ1v) is 13.6. The van der Waals surface area contributed by atoms with Gasteiger partial charge in [-0.2, -0.15) is 0 Å². The first-order chi connectivity index (χ1) is 14.3. The Morgan fingerprint density at radius 2 is 0.933 bits per heavy atom. The Bertz CT molecular complexity index is 1010. The van der Waals surface area contributed by atoms with E-state index in [2.05, 4.69) is 4.52 Å². The summed E-state index contributed by atoms with van der Waals surface area (Å²) in [5.74, 6) is 1.09. The summed E-state index contributed by atoms with van der Waals surface area (Å²) in [6.45, 7) is 3.93. The van der Waals surface area contributed by atoms with Crippen LogP contribution in [0.1, 0.15) is 11.1 Å². The first kappa shape index (κ1) is 23.2. The third kappa shape index (κ3) is 5.06. The Morgan fingerprint density at radius 1 is 0.567 bits per heavy atom. The fourth-order valence-corrected chi connectivity index (χ4v) is 11.5. The van der Waals surface area contributed by atoms with Crippen molar-refractivity contribution in [3.63, 3.8) is 0 Å². The molecule has 0 saturated carbocycles. The van der Waals surface area contributed by atoms with E-state index in [1.165, 1.54) is 28.4 Å². The van der Waals surface area contributed by atoms with Crippen molar-refractivity contribution in [2.75, 3.05) is 28.4 Å². The molecule has 0 radical (unpaired) electrons. The van der Waals surface area contributed by atoms with Crippen LogP contribution in [0.3, 0.4) is 0 Å². The van der Waals surface area contributed by atoms with Gasteiger partial charge in [0.05, 0.1) is 0 Å². The number of benzene rings is 2. The normalized spacial score (nSPS) is 18.5. The molecule has 30 heavy (non-hydrogen) atoms. The van der Waals surface area contributed by atoms with Crippen LogP contribution < -0.4 is 9.05 Å². The maximum Gasteiger partial charge on any atom is 0.457 e. The molecule has 0 aliphatic carbocycles. The molecule has 0 fully saturated rings. The van der Waals surface area contributed by atoms with Gasteiger partial charge in [-0.1, -0.05) is 24.3 Å². The Hall–Kier alpha value is -1.43. The van der Waals surface area contributed by atoms with Crippen molar-refractivity contribution in [1.29, 1.82) is 0 Å². The molecule has 0 amide bonds. The van der Waals surface area contributed by atoms with Crippen molar-refractivity contribution in [1.82, 2.24) is 0 Å². The summed E-state index contributed by atoms with van der Waals surface area (Å²) in [6, 6.07) is 15.1. The van der Waals surface area contributed by atoms with Gasteiger partial charge in [0.1, 0.15) is 11.5 Å². The quantitative estimate of drug-likeness (QED) is 0.377. The van der Waals surface area contributed by atoms with Crippen molar-refractivity contribution in [3.8, 4) is 11.5 Å². The number of aryl methyl sites for hydroxylation is 2. The van der Waals surface area contributed by atoms with Crippen molar-refractivity contribution in [2.45, 2.75) is 13.8 Å². The Balaban J connectivity index is 2.27. The van der Waals surface area contributed by atoms with Crippen molar-refractivity contribution in [2.24, 2.45) is 13.5 Å². The van der Waals surface area contributed by atoms with Crippen LogP contribution >= 0.6 is 23.0 Å². The molecule has 164 valence electrons. The number of nitrogens with zero attached hydrogens (tertiary/aromatic N) is 3. The average Bonchev–Trinajstić information content (AvgIpc) is 2.73. The minimum absolute atomic E-state index is 0.543. The van der Waals surface area contributed by atoms with Crippen molar-refractivity contribution >= 4 is 23.0 Å². The van der Waals surface area contributed by atoms with Gasteiger partial charge in [-0.15, -0.1) is 13.5 Å². The van der Waals surface area contributed by atoms with Crippen LogP contribution in [-0.2, 0) is 18.1 Å². The zero-order valence-corrected chi connectivity index (χ0v) is 20.4. The van der Waals surface area contributed by atoms with Crippen LogP contribution in [-0.4, -0.2) is 28.4 Å². The molecular weight excluding hydrogens is 447 g/mol. The van der Waals surface area contributed by atoms with Crippen molar-refractivity contribution < 1.29 is 27.1 Å². The highest BCUT2D eigenvalue weighted by atomic mass is 31.3. The summed E-state index contributed by atoms with van der Waals surface area (Å²) >= 11 is 0. The van der Waals surface area contributed by atoms with Crippen LogP contribution in [0.4, 0.5) is 0 Å². The molecule has 2 aromatic rings. The minimum Gasteiger partial charge on any atom is -0.413 e. The topological polar surface area (TPSA) is 92.5 Å². The van der Waals surface area contributed by atoms with Gasteiger partial charge in [-0.3, -0.25) is 0 Å². The lowest BCUT2D eigenvalue weighted by Crippen LogP contribution is -2.05. The van der Waals surface area contributed by atoms with Gasteiger partial charge in [0, 0.05) is 28.4 Å². The standard InChI is InChI=1S/C18H26N3O6P3/c1-15-9-7-11-17(13-15)26-30(27-18-12-8-10-16(2)14-18)20-28(22-3,23-4)19-29(21-30,24-5)25-6/h7-14H,1-6H3. The van der Waals surface area contributed by atoms with E-state index in [4.69, 9.17) is 36.2 Å². The summed E-state index contributed by atoms with van der Waals surface area (Å²) in [4.78, 5) is 0. The second-order valence-electron chi connectivity index (χ2n) is 6.29. The molecule has 0 aromatic heterocycles. The lowest BCUT2D eigenvalue weighted by atomic mass is 10.2. The molecule has 1 heterocycles. The van der Waals surface area contributed by atoms with Gasteiger partial charge in [0.15, 0.2) is 0 Å². The van der Waals surface area contributed by atoms with Gasteiger partial charge in [-0.05, 0) is 49.2 Å². The van der Waals surface area contributed by atoms with E-state index in [0.29, 0.717) is 11.5 Å². The molecule has 1 aliphatic rings. The smallest absolute Gasteiger partial charge is 0.413 e. The summed E-state index contributed by atoms with van der Waals surface area (Å²) in [6.07, 6.45) is 0. The fraction of sp³-hybridized carbons (Fsp3) is 0.333. The van der Waals surface area contributed by atoms with Gasteiger partial charge in [0.25, 0.3) is 0 Å². The van der Waals surface area contributed by atoms with Gasteiger partial charge >= 0.3 is 23.0 Å². The minimum atomic E-state index is -3.43. The molecule has 0 N–H and O–H groups in total. The zero-order valence-electron chi connectivity index (χ0n) is 17.8. The van der Waals surface area contributed by atoms with Crippen molar-refractivity contribution in [3.05, 3.63) is 59.7 Å². The van der Waals surface area contributed by atoms with Gasteiger partial charge in [0.2, 0.25) is 0 Å². The number of hydrogen-bond donors (Lipinski definition) is 0. The highest BCUT2D eigenvalue weighted by Gasteiger charge is 2.43. The maximum absolute atomic E-state index is 6.32. The Labute approximate surface area is 177 Å². The highest BCUT2D eigenvalue weighted by Crippen LogP contribution is 2.79. The van der Waals surface area contributed by atoms with Crippen LogP contribution in [0.15, 0.2) is 62.1 Å². The maximum atomic E-state index is 6.32. The third-order valence-corrected chi connectivity index (χ3v) is 12.3. The fourth-order valence-electron chi connectivity index (χ4n) is 2.63. The van der Waals surface area contributed by atoms with Crippen LogP contribution in [0.2, 0.25) is 0 Å². The zero-order chi connectivity index (χ0) is 21.8. The SMILES string of the molecule is COP1(OC)=NP(OC)(OC)=NP(Oc2cccc(C)c2)(Oc2cccc(C)c2)=N1. The van der Waals surface area contributed by atoms with E-state index < -0.39 is 23.0 Å². The molecule has 0 atom stereocenters. The van der Waals surface area contributed by atoms with Gasteiger partial charge in [-0.25, -0.2) is 0 Å². The van der Waals surface area contributed by atoms with Gasteiger partial charge < -0.3 is 27.1 Å². The van der Waals surface area contributed by atoms with Crippen LogP contribution in [0.5, 0.6) is 11.5 Å². The Kier molecular flexibility index (Phi) is 7.26. The predicted molar refractivity (Wildman–Crippen MR) is 120 cm³/mol. The van der Waals surface area contributed by atoms with E-state index in [0.717, 1.165) is 11.1 Å². The largest absolute Gasteiger partial charge is 0.457 e. The lowest BCUT2D eigenvalue weighted by Gasteiger charge is -2.31. The second-order valence-corrected chi connectivity index (χ2v) is 13.2. The van der Waals surface area contributed by atoms with Crippen LogP contribution in [0, 0.1) is 13.8 Å². The lowest BCUT2D eigenvalue weighted by molar-refractivity contribution is 0.312. The monoisotopic (exact) mass is 473 g/mol. The number of hydrogen-bond acceptors (Lipinski definition) is 9. The third-order valence-electron chi connectivity index (χ3n) is 4.06. The highest BCUT2D eigenvalue weighted by molar-refractivity contribution is 7.78. The summed E-state index contributed by atoms with van der Waals surface area (Å²) in [5.41, 5.74) is 2.03. The molecule has 9 nitrogen and oxygen atoms in total. The second kappa shape index (κ2) is 9.37. The number of rotatable bonds is 8. The summed E-state index contributed by atoms with van der Waals surface area (Å²) < 4.78 is 48.9. The first-order valence-electron chi connectivity index (χ1n) is 8.98. The Morgan fingerprint density at radius 3 is 1.30 bits per heavy atom. The molecule has 0 spiro atoms. The molecule has 0 bridgehead atoms. The molecule has 3 rings (SSSR count). The van der Waals surface area contributed by atoms with E-state index >= 15 is 0 Å². The molecule has 1 aliphatic heterocycles. The van der Waals surface area contributed by atoms with E-state index in [9.17, 15) is 0 Å². The summed E-state index contributed by atoms with van der Waals surface area (Å²) in [7, 11) is -3.92. The summed E-state index contributed by atoms with van der Waals surface area (Å²) in [5, 5.41) is 0. The molecule has 12 heteroatoms. The van der Waals surface area contributed by atoms with E-state index in [1.54, 1.807) is 0 Å². The molecule has 2 aromatic carbocycles. The van der Waals surface area contributed by atoms with Crippen LogP contribution in [0.25, 0.3) is 0 Å². The van der Waals surface area contributed by atoms with E-state index in [1.807, 2.05) is 62.4 Å². The molecular formula is C18H26N3O6P3. The molecule has 0 saturated heterocycles. The van der Waals surface area contributed by atoms with E-state index in [-0.39, 0.29) is 0 Å². The predicted octanol–water partition coefficient (Wildman–Crippen LogP) is 7.20.